The van der Waals surface area contributed by atoms with Crippen LogP contribution < -0.4 is 10.1 Å². The zero-order valence-electron chi connectivity index (χ0n) is 12.3. The second-order valence-electron chi connectivity index (χ2n) is 5.15. The Kier molecular flexibility index (Phi) is 6.68. The number of hydrogen-bond acceptors (Lipinski definition) is 3. The number of hydrogen-bond donors (Lipinski definition) is 2. The number of aliphatic carboxylic acids is 1. The van der Waals surface area contributed by atoms with Crippen LogP contribution in [0, 0.1) is 11.8 Å². The van der Waals surface area contributed by atoms with Crippen molar-refractivity contribution in [1.29, 1.82) is 0 Å². The van der Waals surface area contributed by atoms with Crippen molar-refractivity contribution in [3.63, 3.8) is 0 Å². The molecular formula is C15H20BrNO4. The van der Waals surface area contributed by atoms with E-state index in [0.717, 1.165) is 4.47 Å². The van der Waals surface area contributed by atoms with Crippen molar-refractivity contribution in [3.8, 4) is 5.75 Å². The molecule has 0 saturated carbocycles. The quantitative estimate of drug-likeness (QED) is 0.786. The summed E-state index contributed by atoms with van der Waals surface area (Å²) in [5.41, 5.74) is 0. The fourth-order valence-electron chi connectivity index (χ4n) is 1.73. The highest BCUT2D eigenvalue weighted by atomic mass is 79.9. The van der Waals surface area contributed by atoms with Crippen LogP contribution in [0.25, 0.3) is 0 Å². The summed E-state index contributed by atoms with van der Waals surface area (Å²) in [6.07, 6.45) is -0.687. The Morgan fingerprint density at radius 3 is 2.29 bits per heavy atom. The maximum absolute atomic E-state index is 11.9. The van der Waals surface area contributed by atoms with Crippen molar-refractivity contribution in [2.24, 2.45) is 11.8 Å². The molecule has 0 radical (unpaired) electrons. The molecule has 0 aliphatic heterocycles. The second kappa shape index (κ2) is 8.02. The zero-order valence-corrected chi connectivity index (χ0v) is 13.9. The van der Waals surface area contributed by atoms with Gasteiger partial charge in [0.1, 0.15) is 5.75 Å². The summed E-state index contributed by atoms with van der Waals surface area (Å²) in [6, 6.07) is 7.14. The first-order valence-corrected chi connectivity index (χ1v) is 7.53. The van der Waals surface area contributed by atoms with Crippen LogP contribution in [-0.4, -0.2) is 29.6 Å². The number of benzene rings is 1. The second-order valence-corrected chi connectivity index (χ2v) is 6.06. The summed E-state index contributed by atoms with van der Waals surface area (Å²) in [7, 11) is 0. The van der Waals surface area contributed by atoms with Crippen LogP contribution in [0.15, 0.2) is 28.7 Å². The van der Waals surface area contributed by atoms with E-state index >= 15 is 0 Å². The summed E-state index contributed by atoms with van der Waals surface area (Å²) < 4.78 is 6.43. The van der Waals surface area contributed by atoms with Gasteiger partial charge in [-0.05, 0) is 37.1 Å². The first-order valence-electron chi connectivity index (χ1n) is 6.74. The van der Waals surface area contributed by atoms with E-state index in [9.17, 15) is 9.59 Å². The SMILES string of the molecule is CC(Oc1ccc(Br)cc1)C(=O)NCC(C(=O)O)C(C)C. The van der Waals surface area contributed by atoms with Gasteiger partial charge < -0.3 is 15.2 Å². The molecule has 0 heterocycles. The van der Waals surface area contributed by atoms with Gasteiger partial charge in [-0.3, -0.25) is 9.59 Å². The molecule has 0 fully saturated rings. The lowest BCUT2D eigenvalue weighted by molar-refractivity contribution is -0.143. The van der Waals surface area contributed by atoms with Gasteiger partial charge in [-0.1, -0.05) is 29.8 Å². The number of carbonyl (C=O) groups is 2. The molecule has 1 aromatic rings. The molecule has 21 heavy (non-hydrogen) atoms. The lowest BCUT2D eigenvalue weighted by Crippen LogP contribution is -2.41. The van der Waals surface area contributed by atoms with E-state index in [0.29, 0.717) is 5.75 Å². The zero-order chi connectivity index (χ0) is 16.0. The average Bonchev–Trinajstić information content (AvgIpc) is 2.40. The molecule has 5 nitrogen and oxygen atoms in total. The number of halogens is 1. The van der Waals surface area contributed by atoms with Crippen molar-refractivity contribution in [2.75, 3.05) is 6.54 Å². The minimum absolute atomic E-state index is 0.0505. The van der Waals surface area contributed by atoms with Crippen LogP contribution in [0.5, 0.6) is 5.75 Å². The predicted octanol–water partition coefficient (Wildman–Crippen LogP) is 2.69. The first-order chi connectivity index (χ1) is 9.81. The van der Waals surface area contributed by atoms with Crippen LogP contribution in [0.4, 0.5) is 0 Å². The highest BCUT2D eigenvalue weighted by molar-refractivity contribution is 9.10. The Labute approximate surface area is 132 Å². The minimum Gasteiger partial charge on any atom is -0.481 e. The van der Waals surface area contributed by atoms with E-state index in [1.807, 2.05) is 26.0 Å². The average molecular weight is 358 g/mol. The third kappa shape index (κ3) is 5.75. The summed E-state index contributed by atoms with van der Waals surface area (Å²) in [6.45, 7) is 5.35. The normalized spacial score (nSPS) is 13.6. The summed E-state index contributed by atoms with van der Waals surface area (Å²) in [4.78, 5) is 23.0. The molecule has 2 unspecified atom stereocenters. The number of ether oxygens (including phenoxy) is 1. The van der Waals surface area contributed by atoms with E-state index in [4.69, 9.17) is 9.84 Å². The molecule has 0 aromatic heterocycles. The molecule has 2 N–H and O–H groups in total. The fourth-order valence-corrected chi connectivity index (χ4v) is 2.00. The predicted molar refractivity (Wildman–Crippen MR) is 83.2 cm³/mol. The number of rotatable bonds is 7. The number of amides is 1. The van der Waals surface area contributed by atoms with Gasteiger partial charge in [0.05, 0.1) is 5.92 Å². The molecule has 1 rings (SSSR count). The van der Waals surface area contributed by atoms with Crippen molar-refractivity contribution >= 4 is 27.8 Å². The molecule has 0 bridgehead atoms. The van der Waals surface area contributed by atoms with Gasteiger partial charge in [-0.25, -0.2) is 0 Å². The standard InChI is InChI=1S/C15H20BrNO4/c1-9(2)13(15(19)20)8-17-14(18)10(3)21-12-6-4-11(16)5-7-12/h4-7,9-10,13H,8H2,1-3H3,(H,17,18)(H,19,20). The van der Waals surface area contributed by atoms with Crippen LogP contribution in [0.1, 0.15) is 20.8 Å². The van der Waals surface area contributed by atoms with Crippen LogP contribution in [0.2, 0.25) is 0 Å². The molecule has 0 aliphatic carbocycles. The highest BCUT2D eigenvalue weighted by Crippen LogP contribution is 2.17. The lowest BCUT2D eigenvalue weighted by atomic mass is 9.96. The summed E-state index contributed by atoms with van der Waals surface area (Å²) in [5, 5.41) is 11.7. The maximum atomic E-state index is 11.9. The van der Waals surface area contributed by atoms with Gasteiger partial charge in [-0.2, -0.15) is 0 Å². The van der Waals surface area contributed by atoms with Gasteiger partial charge in [-0.15, -0.1) is 0 Å². The van der Waals surface area contributed by atoms with E-state index in [2.05, 4.69) is 21.2 Å². The lowest BCUT2D eigenvalue weighted by Gasteiger charge is -2.19. The van der Waals surface area contributed by atoms with Crippen molar-refractivity contribution < 1.29 is 19.4 Å². The Hall–Kier alpha value is -1.56. The molecule has 0 saturated heterocycles. The van der Waals surface area contributed by atoms with E-state index in [-0.39, 0.29) is 18.4 Å². The number of nitrogens with one attached hydrogen (secondary N) is 1. The summed E-state index contributed by atoms with van der Waals surface area (Å²) >= 11 is 3.32. The monoisotopic (exact) mass is 357 g/mol. The molecule has 6 heteroatoms. The van der Waals surface area contributed by atoms with Crippen molar-refractivity contribution in [3.05, 3.63) is 28.7 Å². The van der Waals surface area contributed by atoms with Gasteiger partial charge in [0, 0.05) is 11.0 Å². The Morgan fingerprint density at radius 1 is 1.24 bits per heavy atom. The Balaban J connectivity index is 2.51. The van der Waals surface area contributed by atoms with Crippen molar-refractivity contribution in [2.45, 2.75) is 26.9 Å². The molecule has 0 aliphatic rings. The molecule has 1 aromatic carbocycles. The minimum atomic E-state index is -0.910. The van der Waals surface area contributed by atoms with Crippen LogP contribution in [0.3, 0.4) is 0 Å². The van der Waals surface area contributed by atoms with Gasteiger partial charge in [0.2, 0.25) is 0 Å². The molecule has 2 atom stereocenters. The first kappa shape index (κ1) is 17.5. The Bertz CT molecular complexity index is 487. The molecular weight excluding hydrogens is 338 g/mol. The largest absolute Gasteiger partial charge is 0.481 e. The highest BCUT2D eigenvalue weighted by Gasteiger charge is 2.23. The fraction of sp³-hybridized carbons (Fsp3) is 0.467. The van der Waals surface area contributed by atoms with Gasteiger partial charge >= 0.3 is 5.97 Å². The maximum Gasteiger partial charge on any atom is 0.308 e. The van der Waals surface area contributed by atoms with Gasteiger partial charge in [0.15, 0.2) is 6.10 Å². The number of carboxylic acid groups (broad SMARTS) is 1. The van der Waals surface area contributed by atoms with E-state index in [1.165, 1.54) is 0 Å². The van der Waals surface area contributed by atoms with E-state index in [1.54, 1.807) is 19.1 Å². The van der Waals surface area contributed by atoms with Gasteiger partial charge in [0.25, 0.3) is 5.91 Å². The van der Waals surface area contributed by atoms with E-state index < -0.39 is 18.0 Å². The van der Waals surface area contributed by atoms with Crippen LogP contribution in [-0.2, 0) is 9.59 Å². The Morgan fingerprint density at radius 2 is 1.81 bits per heavy atom. The van der Waals surface area contributed by atoms with Crippen molar-refractivity contribution in [1.82, 2.24) is 5.32 Å². The number of carboxylic acids is 1. The smallest absolute Gasteiger partial charge is 0.308 e. The third-order valence-corrected chi connectivity index (χ3v) is 3.64. The topological polar surface area (TPSA) is 75.6 Å². The molecule has 0 spiro atoms. The summed E-state index contributed by atoms with van der Waals surface area (Å²) in [5.74, 6) is -1.31. The number of carbonyl (C=O) groups excluding carboxylic acids is 1. The molecule has 116 valence electrons. The third-order valence-electron chi connectivity index (χ3n) is 3.11. The van der Waals surface area contributed by atoms with Crippen LogP contribution >= 0.6 is 15.9 Å². The molecule has 1 amide bonds.